The number of hydrogen-bond donors (Lipinski definition) is 0. The van der Waals surface area contributed by atoms with E-state index in [9.17, 15) is 0 Å². The van der Waals surface area contributed by atoms with Gasteiger partial charge >= 0.3 is 0 Å². The average Bonchev–Trinajstić information content (AvgIpc) is 3.56. The number of anilines is 3. The van der Waals surface area contributed by atoms with Crippen LogP contribution in [-0.2, 0) is 5.41 Å². The van der Waals surface area contributed by atoms with E-state index in [1.165, 1.54) is 49.9 Å². The van der Waals surface area contributed by atoms with Gasteiger partial charge < -0.3 is 9.64 Å². The molecule has 9 aromatic rings. The Bertz CT molecular complexity index is 2840. The van der Waals surface area contributed by atoms with Crippen LogP contribution in [-0.4, -0.2) is 0 Å². The minimum atomic E-state index is -0.477. The summed E-state index contributed by atoms with van der Waals surface area (Å²) in [6, 6.07) is 76.9. The van der Waals surface area contributed by atoms with E-state index < -0.39 is 5.41 Å². The van der Waals surface area contributed by atoms with Crippen molar-refractivity contribution in [2.45, 2.75) is 5.41 Å². The van der Waals surface area contributed by atoms with Crippen molar-refractivity contribution in [3.8, 4) is 44.9 Å². The zero-order valence-corrected chi connectivity index (χ0v) is 30.1. The molecule has 9 aromatic carbocycles. The van der Waals surface area contributed by atoms with Crippen molar-refractivity contribution in [1.29, 1.82) is 0 Å². The first kappa shape index (κ1) is 31.4. The van der Waals surface area contributed by atoms with Gasteiger partial charge in [-0.15, -0.1) is 0 Å². The van der Waals surface area contributed by atoms with E-state index in [4.69, 9.17) is 4.74 Å². The molecule has 0 saturated carbocycles. The fraction of sp³-hybridized carbons (Fsp3) is 0.0189. The molecule has 0 N–H and O–H groups in total. The number of rotatable bonds is 6. The van der Waals surface area contributed by atoms with Gasteiger partial charge in [-0.2, -0.15) is 0 Å². The van der Waals surface area contributed by atoms with E-state index >= 15 is 0 Å². The highest BCUT2D eigenvalue weighted by molar-refractivity contribution is 6.10. The maximum Gasteiger partial charge on any atom is 0.135 e. The second-order valence-corrected chi connectivity index (χ2v) is 14.4. The first-order chi connectivity index (χ1) is 27.3. The molecular formula is C53H35NO. The molecule has 0 aromatic heterocycles. The van der Waals surface area contributed by atoms with Gasteiger partial charge in [-0.1, -0.05) is 164 Å². The topological polar surface area (TPSA) is 12.5 Å². The lowest BCUT2D eigenvalue weighted by molar-refractivity contribution is 0.487. The average molecular weight is 702 g/mol. The maximum atomic E-state index is 6.41. The molecule has 1 heterocycles. The third-order valence-electron chi connectivity index (χ3n) is 11.6. The molecule has 1 aliphatic heterocycles. The van der Waals surface area contributed by atoms with E-state index in [-0.39, 0.29) is 0 Å². The summed E-state index contributed by atoms with van der Waals surface area (Å²) < 4.78 is 6.41. The molecule has 0 bridgehead atoms. The zero-order valence-electron chi connectivity index (χ0n) is 30.1. The fourth-order valence-electron chi connectivity index (χ4n) is 9.22. The van der Waals surface area contributed by atoms with Gasteiger partial charge in [-0.3, -0.25) is 0 Å². The summed E-state index contributed by atoms with van der Waals surface area (Å²) in [6.07, 6.45) is 0. The minimum absolute atomic E-state index is 0.477. The Morgan fingerprint density at radius 2 is 0.891 bits per heavy atom. The van der Waals surface area contributed by atoms with Crippen molar-refractivity contribution >= 4 is 27.8 Å². The highest BCUT2D eigenvalue weighted by Crippen LogP contribution is 2.57. The molecule has 2 nitrogen and oxygen atoms in total. The molecule has 2 aliphatic rings. The molecule has 0 amide bonds. The van der Waals surface area contributed by atoms with Crippen molar-refractivity contribution in [3.05, 3.63) is 235 Å². The number of fused-ring (bicyclic) bond motifs is 5. The summed E-state index contributed by atoms with van der Waals surface area (Å²) in [4.78, 5) is 2.39. The van der Waals surface area contributed by atoms with E-state index in [1.807, 2.05) is 12.1 Å². The molecule has 0 saturated heterocycles. The van der Waals surface area contributed by atoms with Crippen LogP contribution in [0.1, 0.15) is 22.3 Å². The van der Waals surface area contributed by atoms with Gasteiger partial charge in [0.05, 0.1) is 5.41 Å². The van der Waals surface area contributed by atoms with E-state index in [0.717, 1.165) is 45.1 Å². The van der Waals surface area contributed by atoms with Crippen LogP contribution in [0.25, 0.3) is 44.2 Å². The summed E-state index contributed by atoms with van der Waals surface area (Å²) >= 11 is 0. The predicted octanol–water partition coefficient (Wildman–Crippen LogP) is 14.1. The standard InChI is InChI=1S/C53H35NO/c1-4-15-37(16-5-1)53(38-17-6-2-7-18-38)48-24-12-10-21-43(48)44-32-31-41(35-49(44)53)54(39-19-8-3-9-20-39)40-29-27-36(28-30-40)42-33-34-47-45-22-11-13-25-50(45)55-51-26-14-23-46(42)52(47)51/h1-35H. The van der Waals surface area contributed by atoms with Gasteiger partial charge in [0.2, 0.25) is 0 Å². The van der Waals surface area contributed by atoms with E-state index in [1.54, 1.807) is 0 Å². The van der Waals surface area contributed by atoms with Crippen LogP contribution in [0.3, 0.4) is 0 Å². The summed E-state index contributed by atoms with van der Waals surface area (Å²) in [5.74, 6) is 1.81. The highest BCUT2D eigenvalue weighted by Gasteiger charge is 2.46. The Kier molecular flexibility index (Phi) is 7.11. The molecular weight excluding hydrogens is 667 g/mol. The van der Waals surface area contributed by atoms with Gasteiger partial charge in [0.15, 0.2) is 0 Å². The highest BCUT2D eigenvalue weighted by atomic mass is 16.5. The van der Waals surface area contributed by atoms with Gasteiger partial charge in [0.1, 0.15) is 11.5 Å². The van der Waals surface area contributed by atoms with Crippen LogP contribution in [0.2, 0.25) is 0 Å². The van der Waals surface area contributed by atoms with Crippen LogP contribution in [0.5, 0.6) is 11.5 Å². The van der Waals surface area contributed by atoms with Crippen molar-refractivity contribution in [2.24, 2.45) is 0 Å². The summed E-state index contributed by atoms with van der Waals surface area (Å²) in [7, 11) is 0. The summed E-state index contributed by atoms with van der Waals surface area (Å²) in [5, 5.41) is 2.35. The second kappa shape index (κ2) is 12.5. The summed E-state index contributed by atoms with van der Waals surface area (Å²) in [5.41, 5.74) is 15.2. The first-order valence-corrected chi connectivity index (χ1v) is 18.9. The molecule has 0 unspecified atom stereocenters. The third-order valence-corrected chi connectivity index (χ3v) is 11.6. The largest absolute Gasteiger partial charge is 0.456 e. The van der Waals surface area contributed by atoms with Gasteiger partial charge in [0, 0.05) is 28.0 Å². The van der Waals surface area contributed by atoms with Gasteiger partial charge in [0.25, 0.3) is 0 Å². The number of nitrogens with zero attached hydrogens (tertiary/aromatic N) is 1. The maximum absolute atomic E-state index is 6.41. The van der Waals surface area contributed by atoms with Gasteiger partial charge in [-0.25, -0.2) is 0 Å². The molecule has 0 fully saturated rings. The number of para-hydroxylation sites is 2. The second-order valence-electron chi connectivity index (χ2n) is 14.4. The zero-order chi connectivity index (χ0) is 36.3. The Morgan fingerprint density at radius 3 is 1.64 bits per heavy atom. The van der Waals surface area contributed by atoms with Crippen LogP contribution in [0, 0.1) is 0 Å². The van der Waals surface area contributed by atoms with Gasteiger partial charge in [-0.05, 0) is 104 Å². The molecule has 55 heavy (non-hydrogen) atoms. The monoisotopic (exact) mass is 701 g/mol. The molecule has 0 radical (unpaired) electrons. The number of ether oxygens (including phenoxy) is 1. The molecule has 2 heteroatoms. The number of benzene rings is 9. The molecule has 11 rings (SSSR count). The molecule has 1 aliphatic carbocycles. The summed E-state index contributed by atoms with van der Waals surface area (Å²) in [6.45, 7) is 0. The minimum Gasteiger partial charge on any atom is -0.456 e. The Morgan fingerprint density at radius 1 is 0.345 bits per heavy atom. The molecule has 0 spiro atoms. The fourth-order valence-corrected chi connectivity index (χ4v) is 9.22. The quantitative estimate of drug-likeness (QED) is 0.171. The van der Waals surface area contributed by atoms with Crippen LogP contribution >= 0.6 is 0 Å². The van der Waals surface area contributed by atoms with Crippen molar-refractivity contribution in [1.82, 2.24) is 0 Å². The number of hydrogen-bond acceptors (Lipinski definition) is 2. The lowest BCUT2D eigenvalue weighted by atomic mass is 9.67. The lowest BCUT2D eigenvalue weighted by Crippen LogP contribution is -2.28. The Balaban J connectivity index is 1.07. The Labute approximate surface area is 321 Å². The van der Waals surface area contributed by atoms with Crippen LogP contribution in [0.15, 0.2) is 212 Å². The third kappa shape index (κ3) is 4.75. The van der Waals surface area contributed by atoms with E-state index in [2.05, 4.69) is 205 Å². The molecule has 0 atom stereocenters. The van der Waals surface area contributed by atoms with Crippen molar-refractivity contribution in [3.63, 3.8) is 0 Å². The normalized spacial score (nSPS) is 13.0. The van der Waals surface area contributed by atoms with E-state index in [0.29, 0.717) is 0 Å². The molecule has 258 valence electrons. The lowest BCUT2D eigenvalue weighted by Gasteiger charge is -2.35. The smallest absolute Gasteiger partial charge is 0.135 e. The SMILES string of the molecule is c1ccc(N(c2ccc(-c3ccc4c5c(cccc35)Oc3ccccc3-4)cc2)c2ccc3c(c2)C(c2ccccc2)(c2ccccc2)c2ccccc2-3)cc1. The van der Waals surface area contributed by atoms with Crippen molar-refractivity contribution < 1.29 is 4.74 Å². The Hall–Kier alpha value is -7.16. The van der Waals surface area contributed by atoms with Crippen LogP contribution in [0.4, 0.5) is 17.1 Å². The predicted molar refractivity (Wildman–Crippen MR) is 227 cm³/mol. The van der Waals surface area contributed by atoms with Crippen molar-refractivity contribution in [2.75, 3.05) is 4.90 Å². The van der Waals surface area contributed by atoms with Crippen LogP contribution < -0.4 is 9.64 Å². The first-order valence-electron chi connectivity index (χ1n) is 18.9.